The third kappa shape index (κ3) is 5.33. The van der Waals surface area contributed by atoms with Gasteiger partial charge in [0.15, 0.2) is 11.6 Å². The molecule has 5 nitrogen and oxygen atoms in total. The Morgan fingerprint density at radius 1 is 1.20 bits per heavy atom. The number of rotatable bonds is 7. The number of ether oxygens (including phenoxy) is 1. The van der Waals surface area contributed by atoms with Gasteiger partial charge in [0.2, 0.25) is 0 Å². The highest BCUT2D eigenvalue weighted by atomic mass is 32.2. The van der Waals surface area contributed by atoms with Crippen molar-refractivity contribution in [1.82, 2.24) is 4.98 Å². The number of methoxy groups -OCH3 is 1. The van der Waals surface area contributed by atoms with Crippen LogP contribution in [0.4, 0.5) is 18.9 Å². The highest BCUT2D eigenvalue weighted by molar-refractivity contribution is 8.00. The van der Waals surface area contributed by atoms with Crippen molar-refractivity contribution in [3.63, 3.8) is 0 Å². The third-order valence-corrected chi connectivity index (χ3v) is 7.66. The molecule has 184 valence electrons. The first-order valence-electron chi connectivity index (χ1n) is 10.8. The van der Waals surface area contributed by atoms with Gasteiger partial charge in [-0.05, 0) is 42.4 Å². The van der Waals surface area contributed by atoms with Gasteiger partial charge < -0.3 is 14.6 Å². The van der Waals surface area contributed by atoms with Gasteiger partial charge in [0.1, 0.15) is 21.6 Å². The Morgan fingerprint density at radius 2 is 1.91 bits per heavy atom. The van der Waals surface area contributed by atoms with Crippen LogP contribution >= 0.6 is 23.3 Å². The molecule has 35 heavy (non-hydrogen) atoms. The van der Waals surface area contributed by atoms with Gasteiger partial charge in [0.25, 0.3) is 0 Å². The Kier molecular flexibility index (Phi) is 7.14. The van der Waals surface area contributed by atoms with E-state index in [0.717, 1.165) is 53.8 Å². The van der Waals surface area contributed by atoms with Gasteiger partial charge in [-0.1, -0.05) is 26.0 Å². The minimum atomic E-state index is -1.41. The standard InChI is InChI=1S/C25H23F3N2O3S2/c1-25(2)8-6-13(7-9-25)14-4-5-15(22(28)21(14)27)23-29-20(12-34-23)35-30-18-11-17(26)16(24(31)32)10-19(18)33-3/h4-6,10-12,30H,7-9H2,1-3H3,(H,31,32). The van der Waals surface area contributed by atoms with Crippen LogP contribution in [-0.4, -0.2) is 23.2 Å². The number of halogens is 3. The van der Waals surface area contributed by atoms with E-state index in [-0.39, 0.29) is 28.0 Å². The van der Waals surface area contributed by atoms with E-state index < -0.39 is 29.0 Å². The zero-order valence-corrected chi connectivity index (χ0v) is 20.9. The highest BCUT2D eigenvalue weighted by Gasteiger charge is 2.25. The Balaban J connectivity index is 1.52. The molecule has 0 amide bonds. The van der Waals surface area contributed by atoms with Gasteiger partial charge in [0, 0.05) is 34.5 Å². The SMILES string of the molecule is COc1cc(C(=O)O)c(F)cc1NSc1csc(-c2ccc(C3=CCC(C)(C)CC3)c(F)c2F)n1. The summed E-state index contributed by atoms with van der Waals surface area (Å²) in [6.07, 6.45) is 4.42. The fourth-order valence-corrected chi connectivity index (χ4v) is 5.39. The molecule has 0 saturated carbocycles. The minimum absolute atomic E-state index is 0.0641. The van der Waals surface area contributed by atoms with E-state index in [4.69, 9.17) is 9.84 Å². The zero-order chi connectivity index (χ0) is 25.3. The second-order valence-electron chi connectivity index (χ2n) is 8.92. The van der Waals surface area contributed by atoms with Gasteiger partial charge in [-0.15, -0.1) is 11.3 Å². The lowest BCUT2D eigenvalue weighted by Gasteiger charge is -2.29. The van der Waals surface area contributed by atoms with Crippen LogP contribution in [0, 0.1) is 22.9 Å². The number of carboxylic acids is 1. The average Bonchev–Trinajstić information content (AvgIpc) is 3.28. The first-order chi connectivity index (χ1) is 16.6. The fourth-order valence-electron chi connectivity index (χ4n) is 3.79. The number of hydrogen-bond donors (Lipinski definition) is 2. The van der Waals surface area contributed by atoms with Crippen molar-refractivity contribution < 1.29 is 27.8 Å². The van der Waals surface area contributed by atoms with Crippen LogP contribution in [0.2, 0.25) is 0 Å². The lowest BCUT2D eigenvalue weighted by molar-refractivity contribution is 0.0691. The molecule has 0 saturated heterocycles. The number of hydrogen-bond acceptors (Lipinski definition) is 6. The summed E-state index contributed by atoms with van der Waals surface area (Å²) in [4.78, 5) is 15.5. The molecular weight excluding hydrogens is 497 g/mol. The number of nitrogens with zero attached hydrogens (tertiary/aromatic N) is 1. The van der Waals surface area contributed by atoms with Gasteiger partial charge in [0.05, 0.1) is 18.4 Å². The van der Waals surface area contributed by atoms with Crippen molar-refractivity contribution in [2.75, 3.05) is 11.8 Å². The quantitative estimate of drug-likeness (QED) is 0.312. The molecule has 1 aliphatic carbocycles. The molecule has 0 bridgehead atoms. The van der Waals surface area contributed by atoms with Crippen molar-refractivity contribution in [3.8, 4) is 16.3 Å². The van der Waals surface area contributed by atoms with Crippen LogP contribution in [0.3, 0.4) is 0 Å². The number of carboxylic acid groups (broad SMARTS) is 1. The molecule has 1 aliphatic rings. The van der Waals surface area contributed by atoms with Crippen molar-refractivity contribution in [3.05, 3.63) is 64.3 Å². The first kappa shape index (κ1) is 25.1. The molecule has 1 heterocycles. The Hall–Kier alpha value is -2.98. The number of anilines is 1. The summed E-state index contributed by atoms with van der Waals surface area (Å²) in [7, 11) is 1.33. The number of aromatic nitrogens is 1. The van der Waals surface area contributed by atoms with E-state index in [1.54, 1.807) is 11.4 Å². The van der Waals surface area contributed by atoms with Crippen molar-refractivity contribution in [2.45, 2.75) is 38.1 Å². The molecule has 4 rings (SSSR count). The number of thiazole rings is 1. The Morgan fingerprint density at radius 3 is 2.57 bits per heavy atom. The monoisotopic (exact) mass is 520 g/mol. The van der Waals surface area contributed by atoms with E-state index in [0.29, 0.717) is 16.5 Å². The molecule has 0 unspecified atom stereocenters. The molecule has 2 aromatic carbocycles. The highest BCUT2D eigenvalue weighted by Crippen LogP contribution is 2.40. The van der Waals surface area contributed by atoms with E-state index in [1.165, 1.54) is 13.2 Å². The van der Waals surface area contributed by atoms with E-state index in [2.05, 4.69) is 23.6 Å². The summed E-state index contributed by atoms with van der Waals surface area (Å²) in [6.45, 7) is 4.32. The maximum absolute atomic E-state index is 15.0. The predicted molar refractivity (Wildman–Crippen MR) is 132 cm³/mol. The van der Waals surface area contributed by atoms with Gasteiger partial charge in [-0.2, -0.15) is 0 Å². The average molecular weight is 521 g/mol. The largest absolute Gasteiger partial charge is 0.495 e. The topological polar surface area (TPSA) is 71.5 Å². The molecular formula is C25H23F3N2O3S2. The molecule has 0 atom stereocenters. The van der Waals surface area contributed by atoms with Crippen LogP contribution in [0.5, 0.6) is 5.75 Å². The Labute approximate surface area is 209 Å². The minimum Gasteiger partial charge on any atom is -0.495 e. The van der Waals surface area contributed by atoms with Crippen molar-refractivity contribution >= 4 is 40.5 Å². The summed E-state index contributed by atoms with van der Waals surface area (Å²) in [5.74, 6) is -4.02. The normalized spacial score (nSPS) is 15.0. The molecule has 3 aromatic rings. The summed E-state index contributed by atoms with van der Waals surface area (Å²) < 4.78 is 52.0. The Bertz CT molecular complexity index is 1320. The summed E-state index contributed by atoms with van der Waals surface area (Å²) in [5, 5.41) is 11.5. The van der Waals surface area contributed by atoms with E-state index in [9.17, 15) is 18.0 Å². The molecule has 0 aliphatic heterocycles. The van der Waals surface area contributed by atoms with Crippen LogP contribution in [0.1, 0.15) is 49.0 Å². The van der Waals surface area contributed by atoms with Gasteiger partial charge in [-0.25, -0.2) is 22.9 Å². The van der Waals surface area contributed by atoms with Crippen molar-refractivity contribution in [2.24, 2.45) is 5.41 Å². The van der Waals surface area contributed by atoms with Crippen LogP contribution in [0.25, 0.3) is 16.1 Å². The zero-order valence-electron chi connectivity index (χ0n) is 19.2. The third-order valence-electron chi connectivity index (χ3n) is 5.90. The smallest absolute Gasteiger partial charge is 0.338 e. The number of carbonyl (C=O) groups is 1. The second kappa shape index (κ2) is 9.94. The summed E-state index contributed by atoms with van der Waals surface area (Å²) in [5.41, 5.74) is 1.03. The number of allylic oxidation sites excluding steroid dienone is 2. The van der Waals surface area contributed by atoms with Gasteiger partial charge >= 0.3 is 5.97 Å². The molecule has 0 spiro atoms. The van der Waals surface area contributed by atoms with E-state index >= 15 is 0 Å². The maximum atomic E-state index is 15.0. The first-order valence-corrected chi connectivity index (χ1v) is 12.5. The molecule has 0 fully saturated rings. The number of aromatic carboxylic acids is 1. The molecule has 0 radical (unpaired) electrons. The lowest BCUT2D eigenvalue weighted by atomic mass is 9.77. The molecule has 1 aromatic heterocycles. The summed E-state index contributed by atoms with van der Waals surface area (Å²) >= 11 is 2.15. The number of benzene rings is 2. The van der Waals surface area contributed by atoms with E-state index in [1.807, 2.05) is 6.08 Å². The molecule has 2 N–H and O–H groups in total. The predicted octanol–water partition coefficient (Wildman–Crippen LogP) is 7.65. The molecule has 10 heteroatoms. The van der Waals surface area contributed by atoms with Gasteiger partial charge in [-0.3, -0.25) is 0 Å². The maximum Gasteiger partial charge on any atom is 0.338 e. The summed E-state index contributed by atoms with van der Waals surface area (Å²) in [6, 6.07) is 5.23. The van der Waals surface area contributed by atoms with Crippen LogP contribution in [0.15, 0.2) is 40.7 Å². The lowest BCUT2D eigenvalue weighted by Crippen LogP contribution is -2.14. The van der Waals surface area contributed by atoms with Crippen LogP contribution < -0.4 is 9.46 Å². The van der Waals surface area contributed by atoms with Crippen LogP contribution in [-0.2, 0) is 0 Å². The van der Waals surface area contributed by atoms with Crippen molar-refractivity contribution in [1.29, 1.82) is 0 Å². The fraction of sp³-hybridized carbons (Fsp3) is 0.280. The second-order valence-corrected chi connectivity index (χ2v) is 10.6. The number of nitrogens with one attached hydrogen (secondary N) is 1.